The van der Waals surface area contributed by atoms with E-state index in [1.807, 2.05) is 26.0 Å². The van der Waals surface area contributed by atoms with Crippen LogP contribution in [-0.4, -0.2) is 24.1 Å². The number of carbonyl (C=O) groups excluding carboxylic acids is 3. The van der Waals surface area contributed by atoms with Gasteiger partial charge in [0.25, 0.3) is 5.91 Å². The second-order valence-corrected chi connectivity index (χ2v) is 5.89. The molecule has 1 aliphatic rings. The molecule has 4 amide bonds. The second kappa shape index (κ2) is 6.68. The highest BCUT2D eigenvalue weighted by atomic mass is 16.2. The van der Waals surface area contributed by atoms with E-state index in [2.05, 4.69) is 10.3 Å². The van der Waals surface area contributed by atoms with Crippen molar-refractivity contribution in [1.29, 1.82) is 0 Å². The molecule has 2 aromatic carbocycles. The highest BCUT2D eigenvalue weighted by molar-refractivity contribution is 6.32. The lowest BCUT2D eigenvalue weighted by atomic mass is 10.1. The smallest absolute Gasteiger partial charge is 0.276 e. The fourth-order valence-electron chi connectivity index (χ4n) is 2.45. The number of aryl methyl sites for hydroxylation is 2. The molecule has 0 aliphatic carbocycles. The van der Waals surface area contributed by atoms with E-state index in [0.29, 0.717) is 11.4 Å². The van der Waals surface area contributed by atoms with Crippen LogP contribution >= 0.6 is 0 Å². The van der Waals surface area contributed by atoms with Crippen LogP contribution in [0.5, 0.6) is 0 Å². The molecule has 6 heteroatoms. The van der Waals surface area contributed by atoms with Crippen LogP contribution in [0, 0.1) is 19.8 Å². The number of hydrogen-bond donors (Lipinski definition) is 1. The van der Waals surface area contributed by atoms with Crippen molar-refractivity contribution in [1.82, 2.24) is 5.32 Å². The Bertz CT molecular complexity index is 854. The van der Waals surface area contributed by atoms with E-state index < -0.39 is 23.8 Å². The van der Waals surface area contributed by atoms with Gasteiger partial charge in [0.1, 0.15) is 0 Å². The van der Waals surface area contributed by atoms with Gasteiger partial charge in [-0.3, -0.25) is 19.9 Å². The fourth-order valence-corrected chi connectivity index (χ4v) is 2.45. The third-order valence-electron chi connectivity index (χ3n) is 3.90. The van der Waals surface area contributed by atoms with E-state index in [1.165, 1.54) is 6.21 Å². The van der Waals surface area contributed by atoms with Crippen molar-refractivity contribution >= 4 is 35.4 Å². The predicted molar refractivity (Wildman–Crippen MR) is 95.0 cm³/mol. The SMILES string of the molecule is Cc1ccc(N=C[C@@H]2C(=O)NC(=O)N(c3ccc(C)cc3)C2=O)cc1. The third kappa shape index (κ3) is 3.47. The summed E-state index contributed by atoms with van der Waals surface area (Å²) in [6.07, 6.45) is 1.27. The van der Waals surface area contributed by atoms with Gasteiger partial charge in [-0.15, -0.1) is 0 Å². The first-order chi connectivity index (χ1) is 12.0. The van der Waals surface area contributed by atoms with E-state index in [0.717, 1.165) is 16.0 Å². The van der Waals surface area contributed by atoms with Gasteiger partial charge in [0.2, 0.25) is 5.91 Å². The molecule has 0 radical (unpaired) electrons. The minimum Gasteiger partial charge on any atom is -0.276 e. The predicted octanol–water partition coefficient (Wildman–Crippen LogP) is 2.90. The number of urea groups is 1. The number of barbiturate groups is 1. The van der Waals surface area contributed by atoms with Crippen LogP contribution in [0.25, 0.3) is 0 Å². The third-order valence-corrected chi connectivity index (χ3v) is 3.90. The van der Waals surface area contributed by atoms with Crippen LogP contribution in [0.4, 0.5) is 16.2 Å². The largest absolute Gasteiger partial charge is 0.335 e. The van der Waals surface area contributed by atoms with Crippen LogP contribution < -0.4 is 10.2 Å². The van der Waals surface area contributed by atoms with Gasteiger partial charge in [-0.05, 0) is 38.1 Å². The first-order valence-electron chi connectivity index (χ1n) is 7.82. The summed E-state index contributed by atoms with van der Waals surface area (Å²) in [6.45, 7) is 3.86. The summed E-state index contributed by atoms with van der Waals surface area (Å²) >= 11 is 0. The average molecular weight is 335 g/mol. The molecule has 6 nitrogen and oxygen atoms in total. The summed E-state index contributed by atoms with van der Waals surface area (Å²) in [5.41, 5.74) is 3.13. The lowest BCUT2D eigenvalue weighted by Gasteiger charge is -2.28. The molecule has 25 heavy (non-hydrogen) atoms. The lowest BCUT2D eigenvalue weighted by molar-refractivity contribution is -0.131. The number of imide groups is 2. The van der Waals surface area contributed by atoms with Gasteiger partial charge in [0.05, 0.1) is 11.4 Å². The Kier molecular flexibility index (Phi) is 4.43. The van der Waals surface area contributed by atoms with Crippen molar-refractivity contribution in [3.05, 3.63) is 59.7 Å². The Morgan fingerprint density at radius 3 is 2.08 bits per heavy atom. The monoisotopic (exact) mass is 335 g/mol. The molecule has 1 heterocycles. The molecule has 0 saturated carbocycles. The van der Waals surface area contributed by atoms with E-state index >= 15 is 0 Å². The molecule has 1 atom stereocenters. The van der Waals surface area contributed by atoms with Gasteiger partial charge in [-0.25, -0.2) is 9.69 Å². The zero-order valence-corrected chi connectivity index (χ0v) is 13.9. The van der Waals surface area contributed by atoms with Crippen LogP contribution in [-0.2, 0) is 9.59 Å². The number of hydrogen-bond acceptors (Lipinski definition) is 4. The van der Waals surface area contributed by atoms with Crippen molar-refractivity contribution in [3.63, 3.8) is 0 Å². The van der Waals surface area contributed by atoms with Crippen LogP contribution in [0.15, 0.2) is 53.5 Å². The number of benzene rings is 2. The molecule has 0 spiro atoms. The fraction of sp³-hybridized carbons (Fsp3) is 0.158. The zero-order chi connectivity index (χ0) is 18.0. The standard InChI is InChI=1S/C19H17N3O3/c1-12-3-7-14(8-4-12)20-11-16-17(23)21-19(25)22(18(16)24)15-9-5-13(2)6-10-15/h3-11,16H,1-2H3,(H,21,23,25)/t16-/m1/s1. The van der Waals surface area contributed by atoms with Crippen molar-refractivity contribution < 1.29 is 14.4 Å². The van der Waals surface area contributed by atoms with Crippen molar-refractivity contribution in [3.8, 4) is 0 Å². The molecule has 1 N–H and O–H groups in total. The quantitative estimate of drug-likeness (QED) is 0.692. The molecule has 1 saturated heterocycles. The highest BCUT2D eigenvalue weighted by Crippen LogP contribution is 2.21. The summed E-state index contributed by atoms with van der Waals surface area (Å²) in [5.74, 6) is -2.44. The highest BCUT2D eigenvalue weighted by Gasteiger charge is 2.40. The molecule has 0 bridgehead atoms. The summed E-state index contributed by atoms with van der Waals surface area (Å²) in [5, 5.41) is 2.20. The van der Waals surface area contributed by atoms with Gasteiger partial charge >= 0.3 is 6.03 Å². The molecular formula is C19H17N3O3. The topological polar surface area (TPSA) is 78.8 Å². The maximum Gasteiger partial charge on any atom is 0.335 e. The molecule has 0 aromatic heterocycles. The zero-order valence-electron chi connectivity index (χ0n) is 13.9. The molecule has 2 aromatic rings. The summed E-state index contributed by atoms with van der Waals surface area (Å²) in [4.78, 5) is 42.0. The van der Waals surface area contributed by atoms with E-state index in [4.69, 9.17) is 0 Å². The normalized spacial score (nSPS) is 17.9. The Morgan fingerprint density at radius 2 is 1.48 bits per heavy atom. The van der Waals surface area contributed by atoms with Crippen LogP contribution in [0.1, 0.15) is 11.1 Å². The number of nitrogens with zero attached hydrogens (tertiary/aromatic N) is 2. The summed E-state index contributed by atoms with van der Waals surface area (Å²) < 4.78 is 0. The van der Waals surface area contributed by atoms with Crippen molar-refractivity contribution in [2.24, 2.45) is 10.9 Å². The minimum atomic E-state index is -1.15. The maximum atomic E-state index is 12.7. The molecule has 1 aliphatic heterocycles. The second-order valence-electron chi connectivity index (χ2n) is 5.89. The summed E-state index contributed by atoms with van der Waals surface area (Å²) in [7, 11) is 0. The van der Waals surface area contributed by atoms with E-state index in [-0.39, 0.29) is 0 Å². The van der Waals surface area contributed by atoms with Crippen LogP contribution in [0.3, 0.4) is 0 Å². The maximum absolute atomic E-state index is 12.7. The van der Waals surface area contributed by atoms with Crippen molar-refractivity contribution in [2.45, 2.75) is 13.8 Å². The molecule has 0 unspecified atom stereocenters. The number of anilines is 1. The molecule has 126 valence electrons. The Balaban J connectivity index is 1.87. The summed E-state index contributed by atoms with van der Waals surface area (Å²) in [6, 6.07) is 13.5. The Morgan fingerprint density at radius 1 is 0.920 bits per heavy atom. The Hall–Kier alpha value is -3.28. The average Bonchev–Trinajstić information content (AvgIpc) is 2.57. The van der Waals surface area contributed by atoms with Gasteiger partial charge in [0, 0.05) is 6.21 Å². The minimum absolute atomic E-state index is 0.411. The van der Waals surface area contributed by atoms with Gasteiger partial charge < -0.3 is 0 Å². The van der Waals surface area contributed by atoms with Gasteiger partial charge in [0.15, 0.2) is 5.92 Å². The van der Waals surface area contributed by atoms with Crippen LogP contribution in [0.2, 0.25) is 0 Å². The first kappa shape index (κ1) is 16.6. The number of amides is 4. The van der Waals surface area contributed by atoms with Gasteiger partial charge in [-0.2, -0.15) is 0 Å². The molecular weight excluding hydrogens is 318 g/mol. The lowest BCUT2D eigenvalue weighted by Crippen LogP contribution is -2.58. The first-order valence-corrected chi connectivity index (χ1v) is 7.82. The molecule has 1 fully saturated rings. The van der Waals surface area contributed by atoms with Crippen molar-refractivity contribution in [2.75, 3.05) is 4.90 Å². The molecule has 3 rings (SSSR count). The number of rotatable bonds is 3. The number of aliphatic imine (C=N–C) groups is 1. The van der Waals surface area contributed by atoms with E-state index in [9.17, 15) is 14.4 Å². The number of nitrogens with one attached hydrogen (secondary N) is 1. The Labute approximate surface area is 145 Å². The van der Waals surface area contributed by atoms with Gasteiger partial charge in [-0.1, -0.05) is 35.4 Å². The van der Waals surface area contributed by atoms with E-state index in [1.54, 1.807) is 36.4 Å². The number of carbonyl (C=O) groups is 3.